The van der Waals surface area contributed by atoms with Gasteiger partial charge in [-0.15, -0.1) is 0 Å². The Labute approximate surface area is 67.1 Å². The van der Waals surface area contributed by atoms with Crippen LogP contribution in [0, 0.1) is 0 Å². The standard InChI is InChI=1S/C6H4S2Se/c1-2-4-6-5(3-1)7-9-8-6/h1-4H. The van der Waals surface area contributed by atoms with Crippen LogP contribution in [-0.4, -0.2) is 12.7 Å². The van der Waals surface area contributed by atoms with Crippen molar-refractivity contribution in [2.75, 3.05) is 0 Å². The van der Waals surface area contributed by atoms with Gasteiger partial charge < -0.3 is 0 Å². The number of hydrogen-bond donors (Lipinski definition) is 0. The van der Waals surface area contributed by atoms with Gasteiger partial charge in [0.05, 0.1) is 0 Å². The zero-order valence-electron chi connectivity index (χ0n) is 4.53. The Kier molecular flexibility index (Phi) is 1.77. The van der Waals surface area contributed by atoms with Gasteiger partial charge in [-0.1, -0.05) is 0 Å². The average Bonchev–Trinajstić information content (AvgIpc) is 2.33. The molecule has 0 bridgehead atoms. The van der Waals surface area contributed by atoms with Crippen LogP contribution >= 0.6 is 20.4 Å². The maximum absolute atomic E-state index is 2.20. The molecular weight excluding hydrogens is 215 g/mol. The van der Waals surface area contributed by atoms with Gasteiger partial charge in [-0.25, -0.2) is 0 Å². The molecular formula is C6H4S2Se. The molecule has 1 aromatic rings. The first kappa shape index (κ1) is 6.17. The van der Waals surface area contributed by atoms with Gasteiger partial charge in [0.25, 0.3) is 0 Å². The Hall–Kier alpha value is 0.439. The van der Waals surface area contributed by atoms with Crippen molar-refractivity contribution in [3.63, 3.8) is 0 Å². The van der Waals surface area contributed by atoms with Crippen LogP contribution in [0.1, 0.15) is 0 Å². The van der Waals surface area contributed by atoms with E-state index in [1.54, 1.807) is 0 Å². The van der Waals surface area contributed by atoms with E-state index in [4.69, 9.17) is 0 Å². The fraction of sp³-hybridized carbons (Fsp3) is 0. The first-order valence-corrected chi connectivity index (χ1v) is 8.25. The molecule has 0 unspecified atom stereocenters. The molecule has 0 radical (unpaired) electrons. The summed E-state index contributed by atoms with van der Waals surface area (Å²) in [6, 6.07) is 8.60. The predicted octanol–water partition coefficient (Wildman–Crippen LogP) is 2.42. The monoisotopic (exact) mass is 220 g/mol. The Balaban J connectivity index is 2.54. The average molecular weight is 219 g/mol. The maximum atomic E-state index is 2.20. The van der Waals surface area contributed by atoms with Crippen molar-refractivity contribution in [3.05, 3.63) is 24.3 Å². The molecule has 0 fully saturated rings. The number of benzene rings is 1. The molecule has 0 saturated heterocycles. The first-order chi connectivity index (χ1) is 4.47. The molecule has 0 nitrogen and oxygen atoms in total. The van der Waals surface area contributed by atoms with E-state index in [0.29, 0.717) is 12.7 Å². The zero-order valence-corrected chi connectivity index (χ0v) is 7.88. The van der Waals surface area contributed by atoms with Crippen LogP contribution in [0.3, 0.4) is 0 Å². The van der Waals surface area contributed by atoms with E-state index in [-0.39, 0.29) is 0 Å². The molecule has 0 N–H and O–H groups in total. The Morgan fingerprint density at radius 2 is 1.56 bits per heavy atom. The molecule has 2 rings (SSSR count). The van der Waals surface area contributed by atoms with Gasteiger partial charge in [0, 0.05) is 0 Å². The summed E-state index contributed by atoms with van der Waals surface area (Å²) in [5.74, 6) is 0. The fourth-order valence-corrected chi connectivity index (χ4v) is 8.17. The third kappa shape index (κ3) is 1.15. The minimum absolute atomic E-state index is 0.712. The normalized spacial score (nSPS) is 15.6. The molecule has 0 aliphatic carbocycles. The summed E-state index contributed by atoms with van der Waals surface area (Å²) in [5, 5.41) is 0. The summed E-state index contributed by atoms with van der Waals surface area (Å²) in [5.41, 5.74) is 0. The zero-order chi connectivity index (χ0) is 6.10. The SMILES string of the molecule is c1ccc2c(c1)S[Se]S2. The van der Waals surface area contributed by atoms with E-state index < -0.39 is 0 Å². The van der Waals surface area contributed by atoms with E-state index in [0.717, 1.165) is 0 Å². The minimum atomic E-state index is 0.712. The molecule has 0 spiro atoms. The van der Waals surface area contributed by atoms with E-state index in [9.17, 15) is 0 Å². The third-order valence-electron chi connectivity index (χ3n) is 1.10. The van der Waals surface area contributed by atoms with Gasteiger partial charge in [0.1, 0.15) is 0 Å². The Bertz CT molecular complexity index is 201. The Morgan fingerprint density at radius 3 is 2.11 bits per heavy atom. The van der Waals surface area contributed by atoms with E-state index >= 15 is 0 Å². The van der Waals surface area contributed by atoms with Gasteiger partial charge in [-0.2, -0.15) is 0 Å². The summed E-state index contributed by atoms with van der Waals surface area (Å²) < 4.78 is 0. The molecule has 1 aliphatic heterocycles. The van der Waals surface area contributed by atoms with Gasteiger partial charge >= 0.3 is 67.1 Å². The number of hydrogen-bond acceptors (Lipinski definition) is 2. The molecule has 0 aromatic heterocycles. The van der Waals surface area contributed by atoms with Crippen molar-refractivity contribution in [3.8, 4) is 0 Å². The van der Waals surface area contributed by atoms with Gasteiger partial charge in [0.15, 0.2) is 0 Å². The first-order valence-electron chi connectivity index (χ1n) is 2.57. The van der Waals surface area contributed by atoms with Crippen LogP contribution in [-0.2, 0) is 0 Å². The van der Waals surface area contributed by atoms with Crippen molar-refractivity contribution in [1.82, 2.24) is 0 Å². The van der Waals surface area contributed by atoms with Gasteiger partial charge in [-0.05, 0) is 0 Å². The van der Waals surface area contributed by atoms with Crippen molar-refractivity contribution in [2.24, 2.45) is 0 Å². The second kappa shape index (κ2) is 2.59. The van der Waals surface area contributed by atoms with Crippen LogP contribution in [0.2, 0.25) is 0 Å². The molecule has 1 heterocycles. The second-order valence-corrected chi connectivity index (χ2v) is 8.11. The van der Waals surface area contributed by atoms with Crippen molar-refractivity contribution >= 4 is 33.1 Å². The van der Waals surface area contributed by atoms with Gasteiger partial charge in [0.2, 0.25) is 0 Å². The summed E-state index contributed by atoms with van der Waals surface area (Å²) in [4.78, 5) is 2.95. The summed E-state index contributed by atoms with van der Waals surface area (Å²) in [7, 11) is 3.99. The van der Waals surface area contributed by atoms with Crippen molar-refractivity contribution in [2.45, 2.75) is 9.79 Å². The molecule has 3 heteroatoms. The third-order valence-corrected chi connectivity index (χ3v) is 7.67. The van der Waals surface area contributed by atoms with E-state index in [2.05, 4.69) is 24.3 Å². The van der Waals surface area contributed by atoms with Crippen LogP contribution in [0.15, 0.2) is 34.1 Å². The van der Waals surface area contributed by atoms with E-state index in [1.165, 1.54) is 9.79 Å². The van der Waals surface area contributed by atoms with Crippen LogP contribution in [0.5, 0.6) is 0 Å². The molecule has 9 heavy (non-hydrogen) atoms. The second-order valence-electron chi connectivity index (χ2n) is 1.68. The van der Waals surface area contributed by atoms with Crippen LogP contribution in [0.4, 0.5) is 0 Å². The molecule has 1 aliphatic rings. The van der Waals surface area contributed by atoms with Crippen LogP contribution in [0.25, 0.3) is 0 Å². The van der Waals surface area contributed by atoms with Crippen LogP contribution < -0.4 is 0 Å². The van der Waals surface area contributed by atoms with Crippen molar-refractivity contribution in [1.29, 1.82) is 0 Å². The summed E-state index contributed by atoms with van der Waals surface area (Å²) in [6.07, 6.45) is 0. The fourth-order valence-electron chi connectivity index (χ4n) is 0.678. The molecule has 0 atom stereocenters. The Morgan fingerprint density at radius 1 is 1.00 bits per heavy atom. The quantitative estimate of drug-likeness (QED) is 0.614. The van der Waals surface area contributed by atoms with E-state index in [1.807, 2.05) is 20.4 Å². The van der Waals surface area contributed by atoms with Gasteiger partial charge in [-0.3, -0.25) is 0 Å². The summed E-state index contributed by atoms with van der Waals surface area (Å²) in [6.45, 7) is 0. The number of rotatable bonds is 0. The van der Waals surface area contributed by atoms with Crippen molar-refractivity contribution < 1.29 is 0 Å². The molecule has 0 amide bonds. The molecule has 46 valence electrons. The number of fused-ring (bicyclic) bond motifs is 1. The topological polar surface area (TPSA) is 0 Å². The predicted molar refractivity (Wildman–Crippen MR) is 43.9 cm³/mol. The molecule has 1 aromatic carbocycles. The molecule has 0 saturated carbocycles. The summed E-state index contributed by atoms with van der Waals surface area (Å²) >= 11 is 0.712.